The van der Waals surface area contributed by atoms with Crippen molar-refractivity contribution in [3.63, 3.8) is 0 Å². The molecule has 0 aliphatic rings. The van der Waals surface area contributed by atoms with Crippen molar-refractivity contribution in [1.82, 2.24) is 19.9 Å². The zero-order valence-electron chi connectivity index (χ0n) is 9.05. The van der Waals surface area contributed by atoms with Gasteiger partial charge in [0.1, 0.15) is 11.5 Å². The van der Waals surface area contributed by atoms with E-state index in [-0.39, 0.29) is 11.2 Å². The second-order valence-corrected chi connectivity index (χ2v) is 3.99. The van der Waals surface area contributed by atoms with Crippen LogP contribution >= 0.6 is 11.6 Å². The quantitative estimate of drug-likeness (QED) is 0.802. The molecule has 0 fully saturated rings. The maximum Gasteiger partial charge on any atom is 0.226 e. The van der Waals surface area contributed by atoms with Gasteiger partial charge in [0, 0.05) is 12.1 Å². The van der Waals surface area contributed by atoms with E-state index in [1.165, 1.54) is 0 Å². The van der Waals surface area contributed by atoms with Crippen molar-refractivity contribution in [3.8, 4) is 11.5 Å². The molecular formula is C11H11ClN4. The summed E-state index contributed by atoms with van der Waals surface area (Å²) in [5.41, 5.74) is 0.703. The largest absolute Gasteiger partial charge is 0.253 e. The van der Waals surface area contributed by atoms with Gasteiger partial charge < -0.3 is 0 Å². The van der Waals surface area contributed by atoms with Crippen molar-refractivity contribution in [3.05, 3.63) is 35.5 Å². The number of halogens is 1. The molecule has 4 nitrogen and oxygen atoms in total. The summed E-state index contributed by atoms with van der Waals surface area (Å²) < 4.78 is 0. The summed E-state index contributed by atoms with van der Waals surface area (Å²) in [4.78, 5) is 16.7. The smallest absolute Gasteiger partial charge is 0.226 e. The first kappa shape index (κ1) is 11.0. The van der Waals surface area contributed by atoms with E-state index in [4.69, 9.17) is 11.6 Å². The van der Waals surface area contributed by atoms with E-state index in [0.29, 0.717) is 17.3 Å². The maximum absolute atomic E-state index is 5.85. The number of nitrogens with zero attached hydrogens (tertiary/aromatic N) is 4. The van der Waals surface area contributed by atoms with Gasteiger partial charge in [0.2, 0.25) is 5.28 Å². The summed E-state index contributed by atoms with van der Waals surface area (Å²) in [5, 5.41) is 0.208. The molecule has 0 saturated carbocycles. The fourth-order valence-corrected chi connectivity index (χ4v) is 1.40. The lowest BCUT2D eigenvalue weighted by atomic mass is 10.2. The Morgan fingerprint density at radius 2 is 1.94 bits per heavy atom. The van der Waals surface area contributed by atoms with E-state index in [9.17, 15) is 0 Å². The van der Waals surface area contributed by atoms with Crippen LogP contribution in [0.15, 0.2) is 24.4 Å². The highest BCUT2D eigenvalue weighted by Crippen LogP contribution is 2.17. The molecule has 0 atom stereocenters. The Labute approximate surface area is 98.8 Å². The van der Waals surface area contributed by atoms with Crippen LogP contribution < -0.4 is 0 Å². The summed E-state index contributed by atoms with van der Waals surface area (Å²) in [6, 6.07) is 5.57. The summed E-state index contributed by atoms with van der Waals surface area (Å²) in [6.45, 7) is 4.02. The first-order chi connectivity index (χ1) is 7.66. The van der Waals surface area contributed by atoms with Gasteiger partial charge in [0.15, 0.2) is 5.82 Å². The normalized spacial score (nSPS) is 10.8. The molecule has 16 heavy (non-hydrogen) atoms. The van der Waals surface area contributed by atoms with E-state index in [1.54, 1.807) is 6.20 Å². The number of rotatable bonds is 2. The zero-order valence-corrected chi connectivity index (χ0v) is 9.81. The van der Waals surface area contributed by atoms with Crippen molar-refractivity contribution in [2.75, 3.05) is 0 Å². The van der Waals surface area contributed by atoms with Gasteiger partial charge in [0.25, 0.3) is 0 Å². The number of hydrogen-bond acceptors (Lipinski definition) is 4. The Morgan fingerprint density at radius 1 is 1.12 bits per heavy atom. The van der Waals surface area contributed by atoms with Gasteiger partial charge in [-0.25, -0.2) is 9.97 Å². The van der Waals surface area contributed by atoms with Crippen LogP contribution in [-0.2, 0) is 0 Å². The molecule has 0 radical (unpaired) electrons. The van der Waals surface area contributed by atoms with Crippen LogP contribution in [0.4, 0.5) is 0 Å². The molecule has 0 spiro atoms. The van der Waals surface area contributed by atoms with E-state index in [0.717, 1.165) is 0 Å². The molecule has 0 aliphatic heterocycles. The maximum atomic E-state index is 5.85. The molecule has 0 bridgehead atoms. The minimum Gasteiger partial charge on any atom is -0.253 e. The molecule has 0 saturated heterocycles. The lowest BCUT2D eigenvalue weighted by molar-refractivity contribution is 0.762. The number of hydrogen-bond donors (Lipinski definition) is 0. The van der Waals surface area contributed by atoms with E-state index < -0.39 is 0 Å². The van der Waals surface area contributed by atoms with Crippen LogP contribution in [0.1, 0.15) is 25.6 Å². The molecule has 0 aliphatic carbocycles. The van der Waals surface area contributed by atoms with Gasteiger partial charge in [-0.2, -0.15) is 4.98 Å². The predicted octanol–water partition coefficient (Wildman–Crippen LogP) is 2.71. The van der Waals surface area contributed by atoms with E-state index in [1.807, 2.05) is 32.0 Å². The fraction of sp³-hybridized carbons (Fsp3) is 0.273. The third-order valence-electron chi connectivity index (χ3n) is 2.04. The second-order valence-electron chi connectivity index (χ2n) is 3.66. The SMILES string of the molecule is CC(C)c1nc(Cl)nc(-c2ccccn2)n1. The fourth-order valence-electron chi connectivity index (χ4n) is 1.23. The molecule has 82 valence electrons. The minimum absolute atomic E-state index is 0.208. The lowest BCUT2D eigenvalue weighted by Crippen LogP contribution is -2.02. The third-order valence-corrected chi connectivity index (χ3v) is 2.20. The van der Waals surface area contributed by atoms with Crippen molar-refractivity contribution in [2.45, 2.75) is 19.8 Å². The second kappa shape index (κ2) is 4.53. The van der Waals surface area contributed by atoms with Crippen LogP contribution in [-0.4, -0.2) is 19.9 Å². The average molecular weight is 235 g/mol. The number of pyridine rings is 1. The van der Waals surface area contributed by atoms with Crippen LogP contribution in [0, 0.1) is 0 Å². The standard InChI is InChI=1S/C11H11ClN4/c1-7(2)9-14-10(16-11(12)15-9)8-5-3-4-6-13-8/h3-7H,1-2H3. The monoisotopic (exact) mass is 234 g/mol. The van der Waals surface area contributed by atoms with Crippen LogP contribution in [0.25, 0.3) is 11.5 Å². The highest BCUT2D eigenvalue weighted by molar-refractivity contribution is 6.28. The Morgan fingerprint density at radius 3 is 2.56 bits per heavy atom. The minimum atomic E-state index is 0.208. The molecule has 0 unspecified atom stereocenters. The van der Waals surface area contributed by atoms with Crippen LogP contribution in [0.3, 0.4) is 0 Å². The van der Waals surface area contributed by atoms with Gasteiger partial charge in [0.05, 0.1) is 0 Å². The molecule has 5 heteroatoms. The Hall–Kier alpha value is -1.55. The van der Waals surface area contributed by atoms with Crippen molar-refractivity contribution in [2.24, 2.45) is 0 Å². The highest BCUT2D eigenvalue weighted by atomic mass is 35.5. The predicted molar refractivity (Wildman–Crippen MR) is 62.2 cm³/mol. The van der Waals surface area contributed by atoms with Crippen molar-refractivity contribution >= 4 is 11.6 Å². The van der Waals surface area contributed by atoms with Gasteiger partial charge in [-0.15, -0.1) is 0 Å². The van der Waals surface area contributed by atoms with Crippen LogP contribution in [0.2, 0.25) is 5.28 Å². The van der Waals surface area contributed by atoms with Crippen molar-refractivity contribution in [1.29, 1.82) is 0 Å². The summed E-state index contributed by atoms with van der Waals surface area (Å²) in [7, 11) is 0. The van der Waals surface area contributed by atoms with Gasteiger partial charge >= 0.3 is 0 Å². The van der Waals surface area contributed by atoms with Gasteiger partial charge in [-0.1, -0.05) is 19.9 Å². The Bertz CT molecular complexity index is 485. The third kappa shape index (κ3) is 2.33. The molecule has 0 N–H and O–H groups in total. The molecule has 0 amide bonds. The zero-order chi connectivity index (χ0) is 11.5. The van der Waals surface area contributed by atoms with E-state index in [2.05, 4.69) is 19.9 Å². The first-order valence-corrected chi connectivity index (χ1v) is 5.37. The van der Waals surface area contributed by atoms with Crippen LogP contribution in [0.5, 0.6) is 0 Å². The van der Waals surface area contributed by atoms with Gasteiger partial charge in [-0.05, 0) is 23.7 Å². The molecule has 2 heterocycles. The highest BCUT2D eigenvalue weighted by Gasteiger charge is 2.10. The Kier molecular flexibility index (Phi) is 3.10. The molecular weight excluding hydrogens is 224 g/mol. The Balaban J connectivity index is 2.50. The molecule has 2 aromatic rings. The molecule has 2 rings (SSSR count). The average Bonchev–Trinajstić information content (AvgIpc) is 2.29. The first-order valence-electron chi connectivity index (χ1n) is 4.99. The summed E-state index contributed by atoms with van der Waals surface area (Å²) >= 11 is 5.85. The van der Waals surface area contributed by atoms with E-state index >= 15 is 0 Å². The topological polar surface area (TPSA) is 51.6 Å². The number of aromatic nitrogens is 4. The molecule has 0 aromatic carbocycles. The summed E-state index contributed by atoms with van der Waals surface area (Å²) in [5.74, 6) is 1.41. The summed E-state index contributed by atoms with van der Waals surface area (Å²) in [6.07, 6.45) is 1.70. The van der Waals surface area contributed by atoms with Gasteiger partial charge in [-0.3, -0.25) is 4.98 Å². The molecule has 2 aromatic heterocycles. The lowest BCUT2D eigenvalue weighted by Gasteiger charge is -2.05. The van der Waals surface area contributed by atoms with Crippen molar-refractivity contribution < 1.29 is 0 Å².